The summed E-state index contributed by atoms with van der Waals surface area (Å²) in [6.07, 6.45) is 7.76. The maximum Gasteiger partial charge on any atom is 0.241 e. The van der Waals surface area contributed by atoms with E-state index in [9.17, 15) is 8.42 Å². The predicted octanol–water partition coefficient (Wildman–Crippen LogP) is 2.11. The molecule has 1 fully saturated rings. The third-order valence-corrected chi connectivity index (χ3v) is 5.37. The third kappa shape index (κ3) is 3.70. The van der Waals surface area contributed by atoms with Crippen LogP contribution in [0.15, 0.2) is 30.7 Å². The number of hydrogen-bond donors (Lipinski definition) is 0. The number of ether oxygens (including phenoxy) is 1. The van der Waals surface area contributed by atoms with Crippen molar-refractivity contribution in [3.63, 3.8) is 0 Å². The number of sulfonamides is 1. The molecule has 0 aromatic carbocycles. The first kappa shape index (κ1) is 16.8. The maximum absolute atomic E-state index is 11.8. The minimum absolute atomic E-state index is 0.0332. The van der Waals surface area contributed by atoms with E-state index in [1.165, 1.54) is 10.6 Å². The molecule has 0 aliphatic carbocycles. The Balaban J connectivity index is 1.88. The molecule has 0 radical (unpaired) electrons. The molecule has 1 saturated heterocycles. The van der Waals surface area contributed by atoms with Crippen LogP contribution in [0.2, 0.25) is 0 Å². The molecule has 3 rings (SSSR count). The van der Waals surface area contributed by atoms with E-state index in [1.807, 2.05) is 13.0 Å². The normalized spacial score (nSPS) is 19.2. The maximum atomic E-state index is 11.8. The molecule has 0 bridgehead atoms. The highest BCUT2D eigenvalue weighted by molar-refractivity contribution is 7.88. The van der Waals surface area contributed by atoms with Crippen LogP contribution in [0.1, 0.15) is 30.1 Å². The average Bonchev–Trinajstić information content (AvgIpc) is 2.57. The van der Waals surface area contributed by atoms with Gasteiger partial charge in [0.05, 0.1) is 11.9 Å². The number of nitrogens with zero attached hydrogens (tertiary/aromatic N) is 4. The number of hydrogen-bond acceptors (Lipinski definition) is 6. The van der Waals surface area contributed by atoms with Crippen molar-refractivity contribution >= 4 is 10.0 Å². The van der Waals surface area contributed by atoms with E-state index in [1.54, 1.807) is 24.7 Å². The van der Waals surface area contributed by atoms with E-state index in [0.717, 1.165) is 18.5 Å². The molecule has 128 valence electrons. The van der Waals surface area contributed by atoms with Gasteiger partial charge in [0.1, 0.15) is 5.69 Å². The van der Waals surface area contributed by atoms with E-state index >= 15 is 0 Å². The molecule has 7 nitrogen and oxygen atoms in total. The molecular formula is C16H20N4O3S. The quantitative estimate of drug-likeness (QED) is 0.841. The Bertz CT molecular complexity index is 826. The minimum atomic E-state index is -3.21. The Labute approximate surface area is 141 Å². The fourth-order valence-electron chi connectivity index (χ4n) is 2.84. The molecule has 2 aromatic rings. The highest BCUT2D eigenvalue weighted by Crippen LogP contribution is 2.33. The van der Waals surface area contributed by atoms with Crippen LogP contribution in [-0.2, 0) is 10.0 Å². The third-order valence-electron chi connectivity index (χ3n) is 4.10. The van der Waals surface area contributed by atoms with Gasteiger partial charge in [-0.3, -0.25) is 9.97 Å². The van der Waals surface area contributed by atoms with Crippen molar-refractivity contribution in [2.75, 3.05) is 19.3 Å². The van der Waals surface area contributed by atoms with Gasteiger partial charge < -0.3 is 4.74 Å². The number of aryl methyl sites for hydroxylation is 1. The first-order valence-corrected chi connectivity index (χ1v) is 9.65. The van der Waals surface area contributed by atoms with Gasteiger partial charge in [0.15, 0.2) is 5.75 Å². The topological polar surface area (TPSA) is 85.3 Å². The summed E-state index contributed by atoms with van der Waals surface area (Å²) in [7, 11) is -3.21. The van der Waals surface area contributed by atoms with E-state index in [-0.39, 0.29) is 5.92 Å². The van der Waals surface area contributed by atoms with Crippen LogP contribution in [0.5, 0.6) is 11.6 Å². The van der Waals surface area contributed by atoms with Crippen molar-refractivity contribution in [3.8, 4) is 11.6 Å². The fourth-order valence-corrected chi connectivity index (χ4v) is 3.75. The van der Waals surface area contributed by atoms with Gasteiger partial charge in [0, 0.05) is 37.6 Å². The standard InChI is InChI=1S/C16H20N4O3S/c1-12-14(6-3-7-17-12)23-16-15(18-8-9-19-16)13-5-4-10-20(11-13)24(2,21)22/h3,6-9,13H,4-5,10-11H2,1-2H3/t13-/m0/s1. The Morgan fingerprint density at radius 3 is 2.75 bits per heavy atom. The lowest BCUT2D eigenvalue weighted by atomic mass is 9.96. The number of rotatable bonds is 4. The highest BCUT2D eigenvalue weighted by Gasteiger charge is 2.30. The molecule has 0 unspecified atom stereocenters. The van der Waals surface area contributed by atoms with Gasteiger partial charge in [-0.25, -0.2) is 17.7 Å². The summed E-state index contributed by atoms with van der Waals surface area (Å²) in [5.41, 5.74) is 1.45. The lowest BCUT2D eigenvalue weighted by molar-refractivity contribution is 0.308. The molecule has 1 atom stereocenters. The summed E-state index contributed by atoms with van der Waals surface area (Å²) in [5.74, 6) is 0.998. The van der Waals surface area contributed by atoms with E-state index in [0.29, 0.717) is 30.4 Å². The molecule has 0 N–H and O–H groups in total. The van der Waals surface area contributed by atoms with Crippen molar-refractivity contribution in [3.05, 3.63) is 42.1 Å². The average molecular weight is 348 g/mol. The van der Waals surface area contributed by atoms with Crippen LogP contribution >= 0.6 is 0 Å². The predicted molar refractivity (Wildman–Crippen MR) is 89.5 cm³/mol. The van der Waals surface area contributed by atoms with Gasteiger partial charge >= 0.3 is 0 Å². The second kappa shape index (κ2) is 6.82. The van der Waals surface area contributed by atoms with Crippen molar-refractivity contribution in [1.82, 2.24) is 19.3 Å². The summed E-state index contributed by atoms with van der Waals surface area (Å²) >= 11 is 0. The molecule has 8 heteroatoms. The van der Waals surface area contributed by atoms with Crippen molar-refractivity contribution in [2.24, 2.45) is 0 Å². The van der Waals surface area contributed by atoms with Crippen LogP contribution in [0.4, 0.5) is 0 Å². The van der Waals surface area contributed by atoms with Crippen LogP contribution in [0.25, 0.3) is 0 Å². The summed E-state index contributed by atoms with van der Waals surface area (Å²) in [5, 5.41) is 0. The molecule has 1 aliphatic rings. The lowest BCUT2D eigenvalue weighted by Gasteiger charge is -2.30. The Morgan fingerprint density at radius 2 is 2.00 bits per heavy atom. The summed E-state index contributed by atoms with van der Waals surface area (Å²) in [6.45, 7) is 2.81. The summed E-state index contributed by atoms with van der Waals surface area (Å²) in [6, 6.07) is 3.62. The number of pyridine rings is 1. The van der Waals surface area contributed by atoms with Gasteiger partial charge in [-0.05, 0) is 31.9 Å². The van der Waals surface area contributed by atoms with Gasteiger partial charge in [-0.2, -0.15) is 0 Å². The Kier molecular flexibility index (Phi) is 4.77. The van der Waals surface area contributed by atoms with E-state index in [4.69, 9.17) is 4.74 Å². The van der Waals surface area contributed by atoms with Crippen LogP contribution in [0, 0.1) is 6.92 Å². The van der Waals surface area contributed by atoms with Crippen LogP contribution in [-0.4, -0.2) is 47.0 Å². The smallest absolute Gasteiger partial charge is 0.241 e. The minimum Gasteiger partial charge on any atom is -0.435 e. The molecule has 24 heavy (non-hydrogen) atoms. The summed E-state index contributed by atoms with van der Waals surface area (Å²) < 4.78 is 31.1. The SMILES string of the molecule is Cc1ncccc1Oc1nccnc1[C@H]1CCCN(S(C)(=O)=O)C1. The van der Waals surface area contributed by atoms with Gasteiger partial charge in [0.2, 0.25) is 15.9 Å². The second-order valence-corrected chi connectivity index (χ2v) is 7.88. The Morgan fingerprint density at radius 1 is 1.21 bits per heavy atom. The first-order chi connectivity index (χ1) is 11.4. The van der Waals surface area contributed by atoms with Gasteiger partial charge in [-0.1, -0.05) is 0 Å². The monoisotopic (exact) mass is 348 g/mol. The molecule has 2 aromatic heterocycles. The molecule has 1 aliphatic heterocycles. The Hall–Kier alpha value is -2.06. The largest absolute Gasteiger partial charge is 0.435 e. The number of piperidine rings is 1. The molecule has 0 spiro atoms. The van der Waals surface area contributed by atoms with Gasteiger partial charge in [0.25, 0.3) is 0 Å². The lowest BCUT2D eigenvalue weighted by Crippen LogP contribution is -2.38. The van der Waals surface area contributed by atoms with E-state index < -0.39 is 10.0 Å². The van der Waals surface area contributed by atoms with Crippen molar-refractivity contribution in [2.45, 2.75) is 25.7 Å². The van der Waals surface area contributed by atoms with Crippen LogP contribution in [0.3, 0.4) is 0 Å². The fraction of sp³-hybridized carbons (Fsp3) is 0.438. The number of aromatic nitrogens is 3. The second-order valence-electron chi connectivity index (χ2n) is 5.90. The van der Waals surface area contributed by atoms with E-state index in [2.05, 4.69) is 15.0 Å². The highest BCUT2D eigenvalue weighted by atomic mass is 32.2. The first-order valence-electron chi connectivity index (χ1n) is 7.80. The van der Waals surface area contributed by atoms with Crippen LogP contribution < -0.4 is 4.74 Å². The summed E-state index contributed by atoms with van der Waals surface area (Å²) in [4.78, 5) is 12.9. The molecule has 0 amide bonds. The molecular weight excluding hydrogens is 328 g/mol. The molecule has 0 saturated carbocycles. The van der Waals surface area contributed by atoms with Gasteiger partial charge in [-0.15, -0.1) is 0 Å². The molecule has 3 heterocycles. The zero-order valence-electron chi connectivity index (χ0n) is 13.7. The zero-order chi connectivity index (χ0) is 17.2. The zero-order valence-corrected chi connectivity index (χ0v) is 14.5. The van der Waals surface area contributed by atoms with Crippen molar-refractivity contribution in [1.29, 1.82) is 0 Å². The van der Waals surface area contributed by atoms with Crippen molar-refractivity contribution < 1.29 is 13.2 Å².